The van der Waals surface area contributed by atoms with E-state index in [1.165, 1.54) is 32.1 Å². The van der Waals surface area contributed by atoms with Crippen LogP contribution in [0.4, 0.5) is 0 Å². The van der Waals surface area contributed by atoms with Crippen molar-refractivity contribution in [1.29, 1.82) is 0 Å². The van der Waals surface area contributed by atoms with Gasteiger partial charge in [-0.25, -0.2) is 0 Å². The van der Waals surface area contributed by atoms with Crippen LogP contribution in [-0.2, 0) is 4.79 Å². The molecule has 0 radical (unpaired) electrons. The minimum Gasteiger partial charge on any atom is -0.480 e. The number of carbonyl (C=O) groups is 1. The molecule has 0 aliphatic heterocycles. The summed E-state index contributed by atoms with van der Waals surface area (Å²) in [6, 6.07) is -0.342. The lowest BCUT2D eigenvalue weighted by atomic mass is 9.85. The summed E-state index contributed by atoms with van der Waals surface area (Å²) < 4.78 is 0. The topological polar surface area (TPSA) is 49.3 Å². The van der Waals surface area contributed by atoms with Crippen LogP contribution < -0.4 is 5.32 Å². The summed E-state index contributed by atoms with van der Waals surface area (Å²) in [5, 5.41) is 12.3. The summed E-state index contributed by atoms with van der Waals surface area (Å²) in [7, 11) is 0. The van der Waals surface area contributed by atoms with Gasteiger partial charge in [-0.05, 0) is 24.8 Å². The minimum atomic E-state index is -0.689. The van der Waals surface area contributed by atoms with Gasteiger partial charge in [-0.15, -0.1) is 0 Å². The fraction of sp³-hybridized carbons (Fsp3) is 0.923. The molecule has 0 heterocycles. The van der Waals surface area contributed by atoms with Gasteiger partial charge < -0.3 is 10.4 Å². The summed E-state index contributed by atoms with van der Waals surface area (Å²) in [6.45, 7) is 5.00. The Morgan fingerprint density at radius 3 is 2.44 bits per heavy atom. The highest BCUT2D eigenvalue weighted by Gasteiger charge is 2.23. The SMILES string of the molecule is CC(C)CNC(CC1CCCCC1)C(=O)O. The van der Waals surface area contributed by atoms with E-state index in [9.17, 15) is 4.79 Å². The van der Waals surface area contributed by atoms with Crippen LogP contribution in [0, 0.1) is 11.8 Å². The summed E-state index contributed by atoms with van der Waals surface area (Å²) >= 11 is 0. The lowest BCUT2D eigenvalue weighted by Crippen LogP contribution is -2.40. The van der Waals surface area contributed by atoms with E-state index >= 15 is 0 Å². The number of carboxylic acid groups (broad SMARTS) is 1. The second kappa shape index (κ2) is 6.89. The molecule has 0 amide bonds. The van der Waals surface area contributed by atoms with Gasteiger partial charge in [0, 0.05) is 0 Å². The van der Waals surface area contributed by atoms with Gasteiger partial charge in [-0.2, -0.15) is 0 Å². The lowest BCUT2D eigenvalue weighted by Gasteiger charge is -2.25. The van der Waals surface area contributed by atoms with E-state index in [4.69, 9.17) is 5.11 Å². The fourth-order valence-corrected chi connectivity index (χ4v) is 2.41. The first-order valence-electron chi connectivity index (χ1n) is 6.55. The van der Waals surface area contributed by atoms with Crippen LogP contribution in [-0.4, -0.2) is 23.7 Å². The summed E-state index contributed by atoms with van der Waals surface area (Å²) in [4.78, 5) is 11.1. The van der Waals surface area contributed by atoms with Gasteiger partial charge in [-0.1, -0.05) is 46.0 Å². The van der Waals surface area contributed by atoms with Crippen molar-refractivity contribution in [3.05, 3.63) is 0 Å². The van der Waals surface area contributed by atoms with Crippen molar-refractivity contribution in [2.75, 3.05) is 6.54 Å². The first-order chi connectivity index (χ1) is 7.59. The second-order valence-electron chi connectivity index (χ2n) is 5.43. The zero-order valence-electron chi connectivity index (χ0n) is 10.5. The number of hydrogen-bond acceptors (Lipinski definition) is 2. The highest BCUT2D eigenvalue weighted by molar-refractivity contribution is 5.73. The number of aliphatic carboxylic acids is 1. The Labute approximate surface area is 98.6 Å². The first-order valence-corrected chi connectivity index (χ1v) is 6.55. The Morgan fingerprint density at radius 2 is 1.94 bits per heavy atom. The van der Waals surface area contributed by atoms with Crippen molar-refractivity contribution >= 4 is 5.97 Å². The van der Waals surface area contributed by atoms with Gasteiger partial charge in [0.05, 0.1) is 0 Å². The Hall–Kier alpha value is -0.570. The molecule has 1 aliphatic rings. The molecule has 2 N–H and O–H groups in total. The van der Waals surface area contributed by atoms with E-state index in [-0.39, 0.29) is 6.04 Å². The number of hydrogen-bond donors (Lipinski definition) is 2. The quantitative estimate of drug-likeness (QED) is 0.733. The van der Waals surface area contributed by atoms with Gasteiger partial charge in [0.1, 0.15) is 6.04 Å². The molecule has 0 spiro atoms. The molecule has 1 rings (SSSR count). The maximum atomic E-state index is 11.1. The number of rotatable bonds is 6. The van der Waals surface area contributed by atoms with Crippen LogP contribution in [0.1, 0.15) is 52.4 Å². The van der Waals surface area contributed by atoms with Crippen LogP contribution in [0.2, 0.25) is 0 Å². The largest absolute Gasteiger partial charge is 0.480 e. The van der Waals surface area contributed by atoms with Crippen molar-refractivity contribution in [1.82, 2.24) is 5.32 Å². The molecule has 1 fully saturated rings. The van der Waals surface area contributed by atoms with E-state index in [0.29, 0.717) is 11.8 Å². The molecule has 1 unspecified atom stereocenters. The smallest absolute Gasteiger partial charge is 0.320 e. The third-order valence-electron chi connectivity index (χ3n) is 3.36. The van der Waals surface area contributed by atoms with Gasteiger partial charge in [0.25, 0.3) is 0 Å². The van der Waals surface area contributed by atoms with Crippen molar-refractivity contribution < 1.29 is 9.90 Å². The maximum absolute atomic E-state index is 11.1. The number of nitrogens with one attached hydrogen (secondary N) is 1. The molecular formula is C13H25NO2. The molecule has 0 aromatic heterocycles. The van der Waals surface area contributed by atoms with Crippen LogP contribution >= 0.6 is 0 Å². The van der Waals surface area contributed by atoms with Gasteiger partial charge >= 0.3 is 5.97 Å². The van der Waals surface area contributed by atoms with Crippen LogP contribution in [0.5, 0.6) is 0 Å². The molecule has 0 aromatic rings. The average molecular weight is 227 g/mol. The fourth-order valence-electron chi connectivity index (χ4n) is 2.41. The summed E-state index contributed by atoms with van der Waals surface area (Å²) in [6.07, 6.45) is 7.12. The molecule has 0 saturated heterocycles. The van der Waals surface area contributed by atoms with Crippen molar-refractivity contribution in [2.24, 2.45) is 11.8 Å². The molecule has 16 heavy (non-hydrogen) atoms. The number of carboxylic acids is 1. The molecular weight excluding hydrogens is 202 g/mol. The Balaban J connectivity index is 2.34. The monoisotopic (exact) mass is 227 g/mol. The van der Waals surface area contributed by atoms with Crippen molar-refractivity contribution in [3.63, 3.8) is 0 Å². The highest BCUT2D eigenvalue weighted by atomic mass is 16.4. The molecule has 0 aromatic carbocycles. The van der Waals surface area contributed by atoms with Gasteiger partial charge in [0.15, 0.2) is 0 Å². The molecule has 1 saturated carbocycles. The second-order valence-corrected chi connectivity index (χ2v) is 5.43. The molecule has 1 aliphatic carbocycles. The average Bonchev–Trinajstić information content (AvgIpc) is 2.25. The van der Waals surface area contributed by atoms with Crippen LogP contribution in [0.3, 0.4) is 0 Å². The summed E-state index contributed by atoms with van der Waals surface area (Å²) in [5.74, 6) is 0.439. The lowest BCUT2D eigenvalue weighted by molar-refractivity contribution is -0.140. The molecule has 3 heteroatoms. The summed E-state index contributed by atoms with van der Waals surface area (Å²) in [5.41, 5.74) is 0. The standard InChI is InChI=1S/C13H25NO2/c1-10(2)9-14-12(13(15)16)8-11-6-4-3-5-7-11/h10-12,14H,3-9H2,1-2H3,(H,15,16). The van der Waals surface area contributed by atoms with E-state index in [2.05, 4.69) is 19.2 Å². The Morgan fingerprint density at radius 1 is 1.31 bits per heavy atom. The Kier molecular flexibility index (Phi) is 5.81. The normalized spacial score (nSPS) is 19.9. The molecule has 0 bridgehead atoms. The van der Waals surface area contributed by atoms with Crippen LogP contribution in [0.15, 0.2) is 0 Å². The van der Waals surface area contributed by atoms with Gasteiger partial charge in [-0.3, -0.25) is 4.79 Å². The predicted molar refractivity (Wildman–Crippen MR) is 65.5 cm³/mol. The van der Waals surface area contributed by atoms with E-state index in [1.54, 1.807) is 0 Å². The maximum Gasteiger partial charge on any atom is 0.320 e. The highest BCUT2D eigenvalue weighted by Crippen LogP contribution is 2.27. The molecule has 1 atom stereocenters. The van der Waals surface area contributed by atoms with Crippen molar-refractivity contribution in [2.45, 2.75) is 58.4 Å². The van der Waals surface area contributed by atoms with E-state index in [1.807, 2.05) is 0 Å². The predicted octanol–water partition coefficient (Wildman–Crippen LogP) is 2.66. The Bertz CT molecular complexity index is 210. The molecule has 3 nitrogen and oxygen atoms in total. The minimum absolute atomic E-state index is 0.342. The molecule has 94 valence electrons. The van der Waals surface area contributed by atoms with Gasteiger partial charge in [0.2, 0.25) is 0 Å². The third kappa shape index (κ3) is 4.97. The zero-order valence-corrected chi connectivity index (χ0v) is 10.5. The van der Waals surface area contributed by atoms with Crippen LogP contribution in [0.25, 0.3) is 0 Å². The first kappa shape index (κ1) is 13.5. The van der Waals surface area contributed by atoms with Crippen molar-refractivity contribution in [3.8, 4) is 0 Å². The van der Waals surface area contributed by atoms with E-state index in [0.717, 1.165) is 13.0 Å². The third-order valence-corrected chi connectivity index (χ3v) is 3.36. The zero-order chi connectivity index (χ0) is 12.0. The van der Waals surface area contributed by atoms with E-state index < -0.39 is 5.97 Å².